The molecule has 3 heteroatoms. The highest BCUT2D eigenvalue weighted by Crippen LogP contribution is 2.05. The van der Waals surface area contributed by atoms with Gasteiger partial charge in [0.1, 0.15) is 0 Å². The van der Waals surface area contributed by atoms with E-state index in [4.69, 9.17) is 0 Å². The lowest BCUT2D eigenvalue weighted by Gasteiger charge is -2.17. The molecule has 0 spiro atoms. The van der Waals surface area contributed by atoms with Crippen molar-refractivity contribution >= 4 is 24.2 Å². The zero-order valence-electron chi connectivity index (χ0n) is 5.02. The summed E-state index contributed by atoms with van der Waals surface area (Å²) in [6, 6.07) is 0.749. The normalized spacial score (nSPS) is 28.9. The Morgan fingerprint density at radius 2 is 2.38 bits per heavy atom. The molecule has 1 fully saturated rings. The summed E-state index contributed by atoms with van der Waals surface area (Å²) in [7, 11) is 0. The number of thioether (sulfide) groups is 1. The van der Waals surface area contributed by atoms with Crippen molar-refractivity contribution in [1.82, 2.24) is 5.32 Å². The molecule has 1 rings (SSSR count). The first kappa shape index (κ1) is 8.60. The Labute approximate surface area is 61.0 Å². The summed E-state index contributed by atoms with van der Waals surface area (Å²) in [4.78, 5) is 0. The number of nitrogens with one attached hydrogen (secondary N) is 1. The van der Waals surface area contributed by atoms with Gasteiger partial charge >= 0.3 is 0 Å². The zero-order valence-corrected chi connectivity index (χ0v) is 6.65. The highest BCUT2D eigenvalue weighted by molar-refractivity contribution is 7.99. The van der Waals surface area contributed by atoms with Crippen LogP contribution >= 0.6 is 24.2 Å². The second-order valence-electron chi connectivity index (χ2n) is 1.93. The highest BCUT2D eigenvalue weighted by Gasteiger charge is 2.04. The van der Waals surface area contributed by atoms with E-state index in [0.29, 0.717) is 0 Å². The van der Waals surface area contributed by atoms with Crippen molar-refractivity contribution in [3.8, 4) is 0 Å². The molecule has 0 aromatic carbocycles. The number of hydrogen-bond donors (Lipinski definition) is 1. The van der Waals surface area contributed by atoms with Crippen LogP contribution in [0.3, 0.4) is 0 Å². The van der Waals surface area contributed by atoms with Gasteiger partial charge in [0.2, 0.25) is 0 Å². The van der Waals surface area contributed by atoms with Crippen LogP contribution in [0.25, 0.3) is 0 Å². The predicted molar refractivity (Wildman–Crippen MR) is 42.0 cm³/mol. The molecule has 8 heavy (non-hydrogen) atoms. The summed E-state index contributed by atoms with van der Waals surface area (Å²) in [6.45, 7) is 3.43. The van der Waals surface area contributed by atoms with E-state index in [-0.39, 0.29) is 12.4 Å². The van der Waals surface area contributed by atoms with Crippen molar-refractivity contribution < 1.29 is 0 Å². The average Bonchev–Trinajstić information content (AvgIpc) is 1.69. The molecule has 0 aliphatic carbocycles. The van der Waals surface area contributed by atoms with Crippen LogP contribution in [0.5, 0.6) is 0 Å². The molecule has 0 amide bonds. The fourth-order valence-electron chi connectivity index (χ4n) is 0.697. The zero-order chi connectivity index (χ0) is 5.11. The van der Waals surface area contributed by atoms with E-state index >= 15 is 0 Å². The molecule has 1 N–H and O–H groups in total. The smallest absolute Gasteiger partial charge is 0.0130 e. The molecular formula is C5H12ClNS. The van der Waals surface area contributed by atoms with Crippen LogP contribution in [0.1, 0.15) is 6.92 Å². The van der Waals surface area contributed by atoms with Crippen molar-refractivity contribution in [1.29, 1.82) is 0 Å². The van der Waals surface area contributed by atoms with Crippen LogP contribution in [0.15, 0.2) is 0 Å². The molecule has 0 aromatic rings. The first-order chi connectivity index (χ1) is 3.39. The van der Waals surface area contributed by atoms with Crippen molar-refractivity contribution in [2.75, 3.05) is 18.1 Å². The molecule has 50 valence electrons. The lowest BCUT2D eigenvalue weighted by atomic mass is 10.4. The number of rotatable bonds is 0. The largest absolute Gasteiger partial charge is 0.313 e. The average molecular weight is 154 g/mol. The first-order valence-corrected chi connectivity index (χ1v) is 3.86. The molecule has 1 heterocycles. The summed E-state index contributed by atoms with van der Waals surface area (Å²) in [6.07, 6.45) is 0. The third kappa shape index (κ3) is 2.80. The standard InChI is InChI=1S/C5H11NS.ClH/c1-5-4-7-3-2-6-5;/h5-6H,2-4H2,1H3;1H. The van der Waals surface area contributed by atoms with Crippen LogP contribution in [0.2, 0.25) is 0 Å². The van der Waals surface area contributed by atoms with Crippen LogP contribution in [-0.2, 0) is 0 Å². The van der Waals surface area contributed by atoms with Crippen molar-refractivity contribution in [3.05, 3.63) is 0 Å². The van der Waals surface area contributed by atoms with Gasteiger partial charge in [0.15, 0.2) is 0 Å². The molecule has 1 aliphatic rings. The summed E-state index contributed by atoms with van der Waals surface area (Å²) in [5.41, 5.74) is 0. The maximum Gasteiger partial charge on any atom is 0.0130 e. The molecule has 1 unspecified atom stereocenters. The third-order valence-corrected chi connectivity index (χ3v) is 2.34. The Morgan fingerprint density at radius 1 is 1.62 bits per heavy atom. The Bertz CT molecular complexity index is 54.4. The molecule has 1 nitrogen and oxygen atoms in total. The Hall–Kier alpha value is 0.600. The van der Waals surface area contributed by atoms with Gasteiger partial charge in [-0.05, 0) is 6.92 Å². The molecule has 0 radical (unpaired) electrons. The minimum absolute atomic E-state index is 0. The van der Waals surface area contributed by atoms with E-state index in [1.54, 1.807) is 0 Å². The van der Waals surface area contributed by atoms with Crippen LogP contribution in [-0.4, -0.2) is 24.1 Å². The summed E-state index contributed by atoms with van der Waals surface area (Å²) in [5, 5.41) is 3.36. The monoisotopic (exact) mass is 153 g/mol. The lowest BCUT2D eigenvalue weighted by Crippen LogP contribution is -2.34. The number of halogens is 1. The Morgan fingerprint density at radius 3 is 2.62 bits per heavy atom. The van der Waals surface area contributed by atoms with Gasteiger partial charge in [-0.3, -0.25) is 0 Å². The van der Waals surface area contributed by atoms with Crippen molar-refractivity contribution in [3.63, 3.8) is 0 Å². The van der Waals surface area contributed by atoms with Crippen molar-refractivity contribution in [2.24, 2.45) is 0 Å². The Balaban J connectivity index is 0.000000490. The van der Waals surface area contributed by atoms with E-state index < -0.39 is 0 Å². The van der Waals surface area contributed by atoms with Gasteiger partial charge in [-0.25, -0.2) is 0 Å². The van der Waals surface area contributed by atoms with Crippen molar-refractivity contribution in [2.45, 2.75) is 13.0 Å². The minimum Gasteiger partial charge on any atom is -0.313 e. The predicted octanol–water partition coefficient (Wildman–Crippen LogP) is 1.13. The van der Waals surface area contributed by atoms with Gasteiger partial charge < -0.3 is 5.32 Å². The number of hydrogen-bond acceptors (Lipinski definition) is 2. The van der Waals surface area contributed by atoms with Gasteiger partial charge in [-0.1, -0.05) is 0 Å². The molecular weight excluding hydrogens is 142 g/mol. The maximum atomic E-state index is 3.36. The second kappa shape index (κ2) is 4.48. The van der Waals surface area contributed by atoms with E-state index in [0.717, 1.165) is 6.04 Å². The summed E-state index contributed by atoms with van der Waals surface area (Å²) in [5.74, 6) is 2.59. The second-order valence-corrected chi connectivity index (χ2v) is 3.08. The van der Waals surface area contributed by atoms with E-state index in [1.807, 2.05) is 11.8 Å². The first-order valence-electron chi connectivity index (χ1n) is 2.71. The minimum atomic E-state index is 0. The molecule has 1 saturated heterocycles. The summed E-state index contributed by atoms with van der Waals surface area (Å²) < 4.78 is 0. The SMILES string of the molecule is CC1CSCCN1.Cl. The molecule has 0 aromatic heterocycles. The molecule has 1 atom stereocenters. The van der Waals surface area contributed by atoms with E-state index in [1.165, 1.54) is 18.1 Å². The van der Waals surface area contributed by atoms with Crippen LogP contribution < -0.4 is 5.32 Å². The highest BCUT2D eigenvalue weighted by atomic mass is 35.5. The Kier molecular flexibility index (Phi) is 4.81. The quantitative estimate of drug-likeness (QED) is 0.560. The fourth-order valence-corrected chi connectivity index (χ4v) is 1.60. The molecule has 0 saturated carbocycles. The maximum absolute atomic E-state index is 3.36. The van der Waals surface area contributed by atoms with Crippen LogP contribution in [0, 0.1) is 0 Å². The summed E-state index contributed by atoms with van der Waals surface area (Å²) >= 11 is 2.04. The van der Waals surface area contributed by atoms with E-state index in [2.05, 4.69) is 12.2 Å². The van der Waals surface area contributed by atoms with Gasteiger partial charge in [0, 0.05) is 24.1 Å². The molecule has 1 aliphatic heterocycles. The topological polar surface area (TPSA) is 12.0 Å². The van der Waals surface area contributed by atoms with Gasteiger partial charge in [0.25, 0.3) is 0 Å². The van der Waals surface area contributed by atoms with Crippen LogP contribution in [0.4, 0.5) is 0 Å². The lowest BCUT2D eigenvalue weighted by molar-refractivity contribution is 0.609. The third-order valence-electron chi connectivity index (χ3n) is 1.11. The van der Waals surface area contributed by atoms with Gasteiger partial charge in [0.05, 0.1) is 0 Å². The van der Waals surface area contributed by atoms with Gasteiger partial charge in [-0.2, -0.15) is 11.8 Å². The van der Waals surface area contributed by atoms with Gasteiger partial charge in [-0.15, -0.1) is 12.4 Å². The molecule has 0 bridgehead atoms. The fraction of sp³-hybridized carbons (Fsp3) is 1.00. The van der Waals surface area contributed by atoms with E-state index in [9.17, 15) is 0 Å².